The zero-order valence-electron chi connectivity index (χ0n) is 12.0. The van der Waals surface area contributed by atoms with Gasteiger partial charge in [-0.1, -0.05) is 6.07 Å². The van der Waals surface area contributed by atoms with E-state index in [1.54, 1.807) is 0 Å². The van der Waals surface area contributed by atoms with E-state index >= 15 is 0 Å². The van der Waals surface area contributed by atoms with E-state index in [2.05, 4.69) is 25.2 Å². The lowest BCUT2D eigenvalue weighted by atomic mass is 10.1. The summed E-state index contributed by atoms with van der Waals surface area (Å²) in [6.07, 6.45) is 0.368. The van der Waals surface area contributed by atoms with Crippen LogP contribution in [0, 0.1) is 13.8 Å². The number of piperidine rings is 1. The summed E-state index contributed by atoms with van der Waals surface area (Å²) >= 11 is 0. The molecule has 1 aromatic rings. The summed E-state index contributed by atoms with van der Waals surface area (Å²) in [5.41, 5.74) is 2.49. The molecule has 1 fully saturated rings. The Balaban J connectivity index is 0.000000383. The lowest BCUT2D eigenvalue weighted by molar-refractivity contribution is 0.0162. The van der Waals surface area contributed by atoms with Gasteiger partial charge >= 0.3 is 10.4 Å². The Morgan fingerprint density at radius 3 is 2.38 bits per heavy atom. The second kappa shape index (κ2) is 7.71. The number of ether oxygens (including phenoxy) is 1. The Labute approximate surface area is 124 Å². The van der Waals surface area contributed by atoms with Crippen molar-refractivity contribution in [2.75, 3.05) is 13.1 Å². The van der Waals surface area contributed by atoms with Crippen LogP contribution in [0.5, 0.6) is 5.75 Å². The van der Waals surface area contributed by atoms with Crippen LogP contribution >= 0.6 is 0 Å². The lowest BCUT2D eigenvalue weighted by Gasteiger charge is -2.29. The summed E-state index contributed by atoms with van der Waals surface area (Å²) in [6, 6.07) is 6.05. The van der Waals surface area contributed by atoms with E-state index in [-0.39, 0.29) is 6.10 Å². The van der Waals surface area contributed by atoms with Gasteiger partial charge in [0.25, 0.3) is 0 Å². The van der Waals surface area contributed by atoms with Gasteiger partial charge in [-0.05, 0) is 50.1 Å². The number of benzene rings is 1. The molecule has 1 aliphatic rings. The van der Waals surface area contributed by atoms with Gasteiger partial charge in [-0.2, -0.15) is 8.42 Å². The van der Waals surface area contributed by atoms with E-state index in [0.29, 0.717) is 6.54 Å². The van der Waals surface area contributed by atoms with Crippen molar-refractivity contribution < 1.29 is 27.4 Å². The standard InChI is InChI=1S/C13H19NO2.H2O4S/c1-9-3-4-11(7-10(9)2)16-13-5-6-14-8-12(13)15;1-5(2,3)4/h3-4,7,12-15H,5-6,8H2,1-2H3;(H2,1,2,3,4)/t12-,13+;/m0./s1. The van der Waals surface area contributed by atoms with E-state index in [0.717, 1.165) is 18.7 Å². The highest BCUT2D eigenvalue weighted by molar-refractivity contribution is 7.79. The minimum Gasteiger partial charge on any atom is -0.488 e. The number of β-amino-alcohol motifs (C(OH)–C–C–N with tert-alkyl or cyclic N) is 1. The average molecular weight is 319 g/mol. The molecular weight excluding hydrogens is 298 g/mol. The summed E-state index contributed by atoms with van der Waals surface area (Å²) in [5.74, 6) is 0.856. The second-order valence-electron chi connectivity index (χ2n) is 4.91. The fourth-order valence-corrected chi connectivity index (χ4v) is 1.92. The largest absolute Gasteiger partial charge is 0.488 e. The van der Waals surface area contributed by atoms with Gasteiger partial charge in [0.05, 0.1) is 0 Å². The third-order valence-corrected chi connectivity index (χ3v) is 3.15. The van der Waals surface area contributed by atoms with Crippen LogP contribution in [0.3, 0.4) is 0 Å². The molecule has 0 unspecified atom stereocenters. The number of hydrogen-bond donors (Lipinski definition) is 4. The molecule has 0 aromatic heterocycles. The molecular formula is C13H21NO6S. The van der Waals surface area contributed by atoms with E-state index in [1.165, 1.54) is 11.1 Å². The van der Waals surface area contributed by atoms with Gasteiger partial charge in [0.1, 0.15) is 18.0 Å². The number of aliphatic hydroxyl groups excluding tert-OH is 1. The first-order valence-electron chi connectivity index (χ1n) is 6.49. The van der Waals surface area contributed by atoms with Crippen LogP contribution in [0.1, 0.15) is 17.5 Å². The van der Waals surface area contributed by atoms with Crippen molar-refractivity contribution in [3.8, 4) is 5.75 Å². The van der Waals surface area contributed by atoms with Crippen molar-refractivity contribution in [1.29, 1.82) is 0 Å². The molecule has 4 N–H and O–H groups in total. The number of hydrogen-bond acceptors (Lipinski definition) is 5. The number of rotatable bonds is 2. The quantitative estimate of drug-likeness (QED) is 0.594. The summed E-state index contributed by atoms with van der Waals surface area (Å²) in [7, 11) is -4.67. The molecule has 0 saturated carbocycles. The molecule has 7 nitrogen and oxygen atoms in total. The zero-order chi connectivity index (χ0) is 16.0. The molecule has 2 atom stereocenters. The summed E-state index contributed by atoms with van der Waals surface area (Å²) in [4.78, 5) is 0. The van der Waals surface area contributed by atoms with Gasteiger partial charge < -0.3 is 15.2 Å². The van der Waals surface area contributed by atoms with Gasteiger partial charge in [0.15, 0.2) is 0 Å². The van der Waals surface area contributed by atoms with E-state index in [9.17, 15) is 5.11 Å². The maximum absolute atomic E-state index is 9.77. The monoisotopic (exact) mass is 319 g/mol. The molecule has 1 heterocycles. The molecule has 1 aliphatic heterocycles. The van der Waals surface area contributed by atoms with Crippen LogP contribution in [0.15, 0.2) is 18.2 Å². The molecule has 1 saturated heterocycles. The predicted molar refractivity (Wildman–Crippen MR) is 78.0 cm³/mol. The number of aryl methyl sites for hydroxylation is 2. The molecule has 0 bridgehead atoms. The third kappa shape index (κ3) is 7.39. The molecule has 0 amide bonds. The minimum atomic E-state index is -4.67. The topological polar surface area (TPSA) is 116 Å². The van der Waals surface area contributed by atoms with E-state index < -0.39 is 16.5 Å². The lowest BCUT2D eigenvalue weighted by Crippen LogP contribution is -2.46. The maximum atomic E-state index is 9.77. The van der Waals surface area contributed by atoms with Crippen molar-refractivity contribution >= 4 is 10.4 Å². The van der Waals surface area contributed by atoms with E-state index in [4.69, 9.17) is 22.3 Å². The molecule has 8 heteroatoms. The Kier molecular flexibility index (Phi) is 6.56. The Bertz CT molecular complexity index is 552. The SMILES string of the molecule is Cc1ccc(O[C@@H]2CCNC[C@@H]2O)cc1C.O=S(=O)(O)O. The fourth-order valence-electron chi connectivity index (χ4n) is 1.92. The van der Waals surface area contributed by atoms with Gasteiger partial charge in [-0.15, -0.1) is 0 Å². The van der Waals surface area contributed by atoms with Gasteiger partial charge in [-0.25, -0.2) is 0 Å². The first kappa shape index (κ1) is 17.9. The number of aliphatic hydroxyl groups is 1. The highest BCUT2D eigenvalue weighted by Gasteiger charge is 2.24. The molecule has 1 aromatic carbocycles. The summed E-state index contributed by atoms with van der Waals surface area (Å²) in [6.45, 7) is 5.68. The summed E-state index contributed by atoms with van der Waals surface area (Å²) in [5, 5.41) is 12.9. The van der Waals surface area contributed by atoms with Crippen LogP contribution in [-0.2, 0) is 10.4 Å². The molecule has 120 valence electrons. The first-order chi connectivity index (χ1) is 9.66. The van der Waals surface area contributed by atoms with E-state index in [1.807, 2.05) is 12.1 Å². The maximum Gasteiger partial charge on any atom is 0.394 e. The fraction of sp³-hybridized carbons (Fsp3) is 0.538. The molecule has 0 radical (unpaired) electrons. The Morgan fingerprint density at radius 1 is 1.24 bits per heavy atom. The van der Waals surface area contributed by atoms with Gasteiger partial charge in [0.2, 0.25) is 0 Å². The van der Waals surface area contributed by atoms with Gasteiger partial charge in [-0.3, -0.25) is 9.11 Å². The molecule has 0 spiro atoms. The number of nitrogens with one attached hydrogen (secondary N) is 1. The highest BCUT2D eigenvalue weighted by atomic mass is 32.3. The average Bonchev–Trinajstić information content (AvgIpc) is 2.35. The zero-order valence-corrected chi connectivity index (χ0v) is 12.8. The smallest absolute Gasteiger partial charge is 0.394 e. The van der Waals surface area contributed by atoms with Crippen molar-refractivity contribution in [3.05, 3.63) is 29.3 Å². The van der Waals surface area contributed by atoms with Crippen LogP contribution in [-0.4, -0.2) is 47.9 Å². The Morgan fingerprint density at radius 2 is 1.86 bits per heavy atom. The van der Waals surface area contributed by atoms with Crippen LogP contribution < -0.4 is 10.1 Å². The minimum absolute atomic E-state index is 0.0802. The van der Waals surface area contributed by atoms with Crippen molar-refractivity contribution in [2.45, 2.75) is 32.5 Å². The molecule has 0 aliphatic carbocycles. The van der Waals surface area contributed by atoms with Crippen molar-refractivity contribution in [3.63, 3.8) is 0 Å². The summed E-state index contributed by atoms with van der Waals surface area (Å²) < 4.78 is 37.4. The van der Waals surface area contributed by atoms with Crippen LogP contribution in [0.2, 0.25) is 0 Å². The van der Waals surface area contributed by atoms with Crippen molar-refractivity contribution in [1.82, 2.24) is 5.32 Å². The molecule has 2 rings (SSSR count). The van der Waals surface area contributed by atoms with Gasteiger partial charge in [0, 0.05) is 6.54 Å². The Hall–Kier alpha value is -1.19. The van der Waals surface area contributed by atoms with Crippen LogP contribution in [0.25, 0.3) is 0 Å². The highest BCUT2D eigenvalue weighted by Crippen LogP contribution is 2.20. The normalized spacial score (nSPS) is 22.1. The molecule has 21 heavy (non-hydrogen) atoms. The predicted octanol–water partition coefficient (Wildman–Crippen LogP) is 0.752. The second-order valence-corrected chi connectivity index (χ2v) is 5.81. The van der Waals surface area contributed by atoms with Crippen molar-refractivity contribution in [2.24, 2.45) is 0 Å². The first-order valence-corrected chi connectivity index (χ1v) is 7.89. The third-order valence-electron chi connectivity index (χ3n) is 3.15. The van der Waals surface area contributed by atoms with Crippen LogP contribution in [0.4, 0.5) is 0 Å².